The number of benzene rings is 1. The van der Waals surface area contributed by atoms with Crippen LogP contribution in [0.5, 0.6) is 0 Å². The average Bonchev–Trinajstić information content (AvgIpc) is 2.20. The Kier molecular flexibility index (Phi) is 3.44. The second kappa shape index (κ2) is 4.59. The summed E-state index contributed by atoms with van der Waals surface area (Å²) in [6, 6.07) is 3.37. The molecule has 15 heavy (non-hydrogen) atoms. The molecule has 0 radical (unpaired) electrons. The van der Waals surface area contributed by atoms with Crippen molar-refractivity contribution in [3.8, 4) is 0 Å². The Morgan fingerprint density at radius 2 is 2.20 bits per heavy atom. The Labute approximate surface area is 87.7 Å². The highest BCUT2D eigenvalue weighted by molar-refractivity contribution is 5.85. The molecule has 3 N–H and O–H groups in total. The lowest BCUT2D eigenvalue weighted by Gasteiger charge is -2.09. The van der Waals surface area contributed by atoms with Gasteiger partial charge in [-0.25, -0.2) is 0 Å². The summed E-state index contributed by atoms with van der Waals surface area (Å²) in [5.74, 6) is -0.840. The molecule has 0 unspecified atom stereocenters. The van der Waals surface area contributed by atoms with Gasteiger partial charge in [0.2, 0.25) is 0 Å². The molecule has 1 rings (SSSR count). The lowest BCUT2D eigenvalue weighted by atomic mass is 9.99. The molecular weight excluding hydrogens is 194 g/mol. The number of rotatable bonds is 4. The second-order valence-corrected chi connectivity index (χ2v) is 3.36. The first-order valence-electron chi connectivity index (χ1n) is 4.61. The normalized spacial score (nSPS) is 9.93. The number of aryl methyl sites for hydroxylation is 1. The number of aldehydes is 1. The van der Waals surface area contributed by atoms with Gasteiger partial charge in [0.05, 0.1) is 0 Å². The zero-order valence-corrected chi connectivity index (χ0v) is 8.49. The molecule has 0 aromatic heterocycles. The van der Waals surface area contributed by atoms with Crippen LogP contribution in [0.3, 0.4) is 0 Å². The highest BCUT2D eigenvalue weighted by Gasteiger charge is 2.07. The summed E-state index contributed by atoms with van der Waals surface area (Å²) in [6.07, 6.45) is 1.20. The van der Waals surface area contributed by atoms with Crippen molar-refractivity contribution in [1.82, 2.24) is 0 Å². The first-order valence-corrected chi connectivity index (χ1v) is 4.61. The van der Waals surface area contributed by atoms with Crippen molar-refractivity contribution in [1.29, 1.82) is 0 Å². The lowest BCUT2D eigenvalue weighted by molar-refractivity contribution is -0.136. The first-order chi connectivity index (χ1) is 7.06. The molecule has 0 fully saturated rings. The monoisotopic (exact) mass is 207 g/mol. The number of hydrogen-bond donors (Lipinski definition) is 2. The van der Waals surface area contributed by atoms with Crippen molar-refractivity contribution >= 4 is 17.9 Å². The van der Waals surface area contributed by atoms with E-state index < -0.39 is 5.97 Å². The number of carbonyl (C=O) groups excluding carboxylic acids is 1. The third kappa shape index (κ3) is 2.56. The number of carbonyl (C=O) groups is 2. The molecule has 0 saturated carbocycles. The molecule has 0 spiro atoms. The molecule has 0 amide bonds. The van der Waals surface area contributed by atoms with E-state index in [2.05, 4.69) is 0 Å². The molecule has 0 heterocycles. The highest BCUT2D eigenvalue weighted by Crippen LogP contribution is 2.20. The second-order valence-electron chi connectivity index (χ2n) is 3.36. The van der Waals surface area contributed by atoms with Crippen LogP contribution in [0.25, 0.3) is 0 Å². The van der Waals surface area contributed by atoms with E-state index >= 15 is 0 Å². The number of aliphatic carboxylic acids is 1. The van der Waals surface area contributed by atoms with E-state index in [0.717, 1.165) is 11.1 Å². The summed E-state index contributed by atoms with van der Waals surface area (Å²) >= 11 is 0. The SMILES string of the molecule is Cc1c(CCC(=O)O)ccc(C=O)c1N. The van der Waals surface area contributed by atoms with Gasteiger partial charge in [-0.1, -0.05) is 6.07 Å². The van der Waals surface area contributed by atoms with E-state index in [1.54, 1.807) is 19.1 Å². The number of carboxylic acid groups (broad SMARTS) is 1. The molecule has 0 atom stereocenters. The predicted octanol–water partition coefficient (Wildman–Crippen LogP) is 1.41. The molecule has 0 saturated heterocycles. The van der Waals surface area contributed by atoms with Crippen LogP contribution in [0.15, 0.2) is 12.1 Å². The van der Waals surface area contributed by atoms with Crippen LogP contribution in [0.1, 0.15) is 27.9 Å². The fraction of sp³-hybridized carbons (Fsp3) is 0.273. The summed E-state index contributed by atoms with van der Waals surface area (Å²) in [4.78, 5) is 21.0. The Morgan fingerprint density at radius 1 is 1.53 bits per heavy atom. The fourth-order valence-corrected chi connectivity index (χ4v) is 1.41. The number of nitrogens with two attached hydrogens (primary N) is 1. The maximum absolute atomic E-state index is 10.6. The summed E-state index contributed by atoms with van der Waals surface area (Å²) in [5.41, 5.74) is 8.28. The van der Waals surface area contributed by atoms with Crippen LogP contribution in [0.2, 0.25) is 0 Å². The Balaban J connectivity index is 2.96. The quantitative estimate of drug-likeness (QED) is 0.577. The fourth-order valence-electron chi connectivity index (χ4n) is 1.41. The molecule has 0 aliphatic heterocycles. The molecule has 4 nitrogen and oxygen atoms in total. The minimum Gasteiger partial charge on any atom is -0.481 e. The molecule has 0 aliphatic carbocycles. The summed E-state index contributed by atoms with van der Waals surface area (Å²) in [5, 5.41) is 8.55. The molecule has 1 aromatic rings. The van der Waals surface area contributed by atoms with Gasteiger partial charge in [0.1, 0.15) is 0 Å². The number of anilines is 1. The number of nitrogen functional groups attached to an aromatic ring is 1. The zero-order chi connectivity index (χ0) is 11.4. The van der Waals surface area contributed by atoms with Crippen molar-refractivity contribution in [2.24, 2.45) is 0 Å². The van der Waals surface area contributed by atoms with Gasteiger partial charge in [-0.3, -0.25) is 9.59 Å². The van der Waals surface area contributed by atoms with Crippen LogP contribution in [-0.2, 0) is 11.2 Å². The van der Waals surface area contributed by atoms with Gasteiger partial charge in [0.25, 0.3) is 0 Å². The van der Waals surface area contributed by atoms with E-state index in [1.807, 2.05) is 0 Å². The lowest BCUT2D eigenvalue weighted by Crippen LogP contribution is -2.03. The van der Waals surface area contributed by atoms with Gasteiger partial charge in [0, 0.05) is 17.7 Å². The largest absolute Gasteiger partial charge is 0.481 e. The van der Waals surface area contributed by atoms with E-state index in [4.69, 9.17) is 10.8 Å². The maximum Gasteiger partial charge on any atom is 0.303 e. The van der Waals surface area contributed by atoms with Crippen LogP contribution in [0.4, 0.5) is 5.69 Å². The zero-order valence-electron chi connectivity index (χ0n) is 8.49. The standard InChI is InChI=1S/C11H13NO3/c1-7-8(4-5-10(14)15)2-3-9(6-13)11(7)12/h2-3,6H,4-5,12H2,1H3,(H,14,15). The maximum atomic E-state index is 10.6. The van der Waals surface area contributed by atoms with Gasteiger partial charge in [0.15, 0.2) is 6.29 Å². The Bertz CT molecular complexity index is 399. The van der Waals surface area contributed by atoms with Gasteiger partial charge < -0.3 is 10.8 Å². The minimum absolute atomic E-state index is 0.0702. The van der Waals surface area contributed by atoms with Crippen molar-refractivity contribution in [2.45, 2.75) is 19.8 Å². The predicted molar refractivity (Wildman–Crippen MR) is 56.9 cm³/mol. The van der Waals surface area contributed by atoms with Crippen LogP contribution in [-0.4, -0.2) is 17.4 Å². The third-order valence-electron chi connectivity index (χ3n) is 2.40. The van der Waals surface area contributed by atoms with Crippen molar-refractivity contribution in [3.63, 3.8) is 0 Å². The minimum atomic E-state index is -0.840. The topological polar surface area (TPSA) is 80.4 Å². The summed E-state index contributed by atoms with van der Waals surface area (Å²) < 4.78 is 0. The summed E-state index contributed by atoms with van der Waals surface area (Å²) in [7, 11) is 0. The summed E-state index contributed by atoms with van der Waals surface area (Å²) in [6.45, 7) is 1.79. The molecular formula is C11H13NO3. The van der Waals surface area contributed by atoms with E-state index in [-0.39, 0.29) is 6.42 Å². The van der Waals surface area contributed by atoms with Crippen molar-refractivity contribution in [3.05, 3.63) is 28.8 Å². The van der Waals surface area contributed by atoms with Gasteiger partial charge in [-0.2, -0.15) is 0 Å². The molecule has 0 bridgehead atoms. The van der Waals surface area contributed by atoms with E-state index in [9.17, 15) is 9.59 Å². The molecule has 1 aromatic carbocycles. The van der Waals surface area contributed by atoms with E-state index in [0.29, 0.717) is 24.0 Å². The Hall–Kier alpha value is -1.84. The van der Waals surface area contributed by atoms with Gasteiger partial charge >= 0.3 is 5.97 Å². The average molecular weight is 207 g/mol. The molecule has 80 valence electrons. The van der Waals surface area contributed by atoms with Crippen LogP contribution >= 0.6 is 0 Å². The number of carboxylic acids is 1. The van der Waals surface area contributed by atoms with E-state index in [1.165, 1.54) is 0 Å². The number of hydrogen-bond acceptors (Lipinski definition) is 3. The van der Waals surface area contributed by atoms with Gasteiger partial charge in [-0.15, -0.1) is 0 Å². The third-order valence-corrected chi connectivity index (χ3v) is 2.40. The first kappa shape index (κ1) is 11.2. The molecule has 4 heteroatoms. The van der Waals surface area contributed by atoms with Crippen molar-refractivity contribution in [2.75, 3.05) is 5.73 Å². The smallest absolute Gasteiger partial charge is 0.303 e. The van der Waals surface area contributed by atoms with Crippen LogP contribution < -0.4 is 5.73 Å². The highest BCUT2D eigenvalue weighted by atomic mass is 16.4. The van der Waals surface area contributed by atoms with Gasteiger partial charge in [-0.05, 0) is 30.5 Å². The van der Waals surface area contributed by atoms with Crippen molar-refractivity contribution < 1.29 is 14.7 Å². The Morgan fingerprint density at radius 3 is 2.73 bits per heavy atom. The van der Waals surface area contributed by atoms with Crippen LogP contribution in [0, 0.1) is 6.92 Å². The molecule has 0 aliphatic rings.